The molecule has 0 aliphatic carbocycles. The van der Waals surface area contributed by atoms with E-state index in [0.29, 0.717) is 17.4 Å². The Hall–Kier alpha value is -3.35. The molecule has 0 radical (unpaired) electrons. The number of carbonyl (C=O) groups excluding carboxylic acids is 1. The number of sulfonamides is 2. The van der Waals surface area contributed by atoms with Crippen molar-refractivity contribution in [1.29, 1.82) is 0 Å². The van der Waals surface area contributed by atoms with Crippen LogP contribution in [0, 0.1) is 0 Å². The maximum Gasteiger partial charge on any atom is 0.561 e. The molecule has 1 unspecified atom stereocenters. The van der Waals surface area contributed by atoms with Gasteiger partial charge in [-0.1, -0.05) is 12.1 Å². The number of alkyl halides is 6. The summed E-state index contributed by atoms with van der Waals surface area (Å²) in [5.41, 5.74) is -13.1. The second-order valence-corrected chi connectivity index (χ2v) is 10.8. The molecule has 2 rings (SSSR count). The van der Waals surface area contributed by atoms with Crippen LogP contribution in [-0.4, -0.2) is 61.9 Å². The molecular formula is C18H19F6N3O8S2+2. The topological polar surface area (TPSA) is 125 Å². The van der Waals surface area contributed by atoms with Crippen molar-refractivity contribution >= 4 is 31.9 Å². The van der Waals surface area contributed by atoms with Crippen LogP contribution >= 0.6 is 0 Å². The van der Waals surface area contributed by atoms with Crippen LogP contribution in [0.25, 0.3) is 0 Å². The van der Waals surface area contributed by atoms with E-state index in [1.807, 2.05) is 0 Å². The molecule has 1 aromatic carbocycles. The molecule has 1 aromatic heterocycles. The first kappa shape index (κ1) is 29.9. The quantitative estimate of drug-likeness (QED) is 0.150. The van der Waals surface area contributed by atoms with Gasteiger partial charge in [-0.15, -0.1) is 0 Å². The first-order valence-electron chi connectivity index (χ1n) is 9.54. The first-order valence-corrected chi connectivity index (χ1v) is 12.4. The number of rotatable bonds is 8. The second-order valence-electron chi connectivity index (χ2n) is 7.03. The lowest BCUT2D eigenvalue weighted by atomic mass is 10.2. The molecule has 0 amide bonds. The van der Waals surface area contributed by atoms with E-state index in [1.165, 1.54) is 38.4 Å². The highest BCUT2D eigenvalue weighted by Gasteiger charge is 2.70. The summed E-state index contributed by atoms with van der Waals surface area (Å²) < 4.78 is 144. The van der Waals surface area contributed by atoms with Crippen molar-refractivity contribution in [3.63, 3.8) is 0 Å². The number of nitrogens with zero attached hydrogens (tertiary/aromatic N) is 3. The minimum absolute atomic E-state index is 0.0220. The molecule has 1 heterocycles. The fourth-order valence-corrected chi connectivity index (χ4v) is 5.44. The zero-order chi connectivity index (χ0) is 28.4. The molecule has 0 saturated heterocycles. The third-order valence-electron chi connectivity index (χ3n) is 4.49. The number of methoxy groups -OCH3 is 2. The van der Waals surface area contributed by atoms with Gasteiger partial charge in [0.2, 0.25) is 6.33 Å². The predicted octanol–water partition coefficient (Wildman–Crippen LogP) is 1.36. The fraction of sp³-hybridized carbons (Fsp3) is 0.389. The zero-order valence-electron chi connectivity index (χ0n) is 19.0. The third kappa shape index (κ3) is 6.14. The van der Waals surface area contributed by atoms with Gasteiger partial charge in [0.25, 0.3) is 0 Å². The zero-order valence-corrected chi connectivity index (χ0v) is 20.7. The smallest absolute Gasteiger partial charge is 0.497 e. The van der Waals surface area contributed by atoms with Crippen LogP contribution in [-0.2, 0) is 48.0 Å². The van der Waals surface area contributed by atoms with Crippen LogP contribution < -0.4 is 9.30 Å². The molecule has 206 valence electrons. The molecule has 0 spiro atoms. The SMILES string of the molecule is COC(=O)C(C(OCc1ccc(OC)cc1)=[N+](S(=O)(=O)C(F)(F)F)S(=O)(=O)C(F)(F)F)n1cc[n+](C)c1. The van der Waals surface area contributed by atoms with Crippen molar-refractivity contribution in [3.05, 3.63) is 48.5 Å². The van der Waals surface area contributed by atoms with E-state index >= 15 is 0 Å². The second kappa shape index (κ2) is 10.6. The number of halogens is 6. The van der Waals surface area contributed by atoms with Gasteiger partial charge in [0.1, 0.15) is 24.8 Å². The number of aryl methyl sites for hydroxylation is 1. The largest absolute Gasteiger partial charge is 0.561 e. The summed E-state index contributed by atoms with van der Waals surface area (Å²) in [4.78, 5) is 12.6. The van der Waals surface area contributed by atoms with Gasteiger partial charge in [0, 0.05) is 0 Å². The van der Waals surface area contributed by atoms with Crippen molar-refractivity contribution in [1.82, 2.24) is 4.57 Å². The summed E-state index contributed by atoms with van der Waals surface area (Å²) in [6.45, 7) is -0.975. The standard InChI is InChI=1S/C18H19F6N3O8S2/c1-25-8-9-26(11-25)14(16(28)34-3)15(35-10-12-4-6-13(33-2)7-5-12)27(36(29,30)17(19,20)21)37(31,32)18(22,23)24/h4-9,11,14H,10H2,1-3H3/q+2. The molecule has 1 atom stereocenters. The molecule has 11 nitrogen and oxygen atoms in total. The van der Waals surface area contributed by atoms with Gasteiger partial charge in [0.05, 0.1) is 24.7 Å². The number of esters is 1. The van der Waals surface area contributed by atoms with E-state index in [1.54, 1.807) is 0 Å². The van der Waals surface area contributed by atoms with E-state index in [-0.39, 0.29) is 5.56 Å². The number of ether oxygens (including phenoxy) is 3. The Kier molecular flexibility index (Phi) is 8.53. The number of imidazole rings is 1. The number of carbonyl (C=O) groups is 1. The van der Waals surface area contributed by atoms with Crippen LogP contribution in [0.15, 0.2) is 43.0 Å². The minimum Gasteiger partial charge on any atom is -0.497 e. The Bertz CT molecular complexity index is 1340. The summed E-state index contributed by atoms with van der Waals surface area (Å²) in [7, 11) is -11.4. The molecule has 2 aromatic rings. The number of aromatic nitrogens is 2. The highest BCUT2D eigenvalue weighted by atomic mass is 32.3. The van der Waals surface area contributed by atoms with Crippen LogP contribution in [0.5, 0.6) is 5.75 Å². The highest BCUT2D eigenvalue weighted by Crippen LogP contribution is 2.34. The lowest BCUT2D eigenvalue weighted by Crippen LogP contribution is -2.49. The van der Waals surface area contributed by atoms with E-state index < -0.39 is 59.0 Å². The van der Waals surface area contributed by atoms with E-state index in [4.69, 9.17) is 9.47 Å². The lowest BCUT2D eigenvalue weighted by molar-refractivity contribution is -0.671. The van der Waals surface area contributed by atoms with Crippen LogP contribution in [0.2, 0.25) is 0 Å². The van der Waals surface area contributed by atoms with Crippen molar-refractivity contribution in [2.75, 3.05) is 14.2 Å². The van der Waals surface area contributed by atoms with Crippen LogP contribution in [0.3, 0.4) is 0 Å². The van der Waals surface area contributed by atoms with Crippen LogP contribution in [0.1, 0.15) is 11.6 Å². The van der Waals surface area contributed by atoms with E-state index in [9.17, 15) is 48.0 Å². The van der Waals surface area contributed by atoms with Crippen molar-refractivity contribution in [3.8, 4) is 5.75 Å². The third-order valence-corrected chi connectivity index (χ3v) is 8.07. The Labute approximate surface area is 206 Å². The van der Waals surface area contributed by atoms with Crippen molar-refractivity contribution in [2.45, 2.75) is 23.7 Å². The van der Waals surface area contributed by atoms with Gasteiger partial charge in [-0.3, -0.25) is 0 Å². The average molecular weight is 583 g/mol. The molecule has 0 aliphatic heterocycles. The van der Waals surface area contributed by atoms with Crippen LogP contribution in [0.4, 0.5) is 26.3 Å². The first-order chi connectivity index (χ1) is 16.9. The molecule has 0 saturated carbocycles. The molecule has 37 heavy (non-hydrogen) atoms. The maximum absolute atomic E-state index is 13.5. The number of hydrogen-bond donors (Lipinski definition) is 0. The van der Waals surface area contributed by atoms with Gasteiger partial charge in [-0.25, -0.2) is 13.9 Å². The normalized spacial score (nSPS) is 13.5. The minimum atomic E-state index is -7.37. The predicted molar refractivity (Wildman–Crippen MR) is 110 cm³/mol. The van der Waals surface area contributed by atoms with Gasteiger partial charge in [-0.2, -0.15) is 43.2 Å². The molecular weight excluding hydrogens is 564 g/mol. The molecule has 0 aliphatic rings. The Morgan fingerprint density at radius 1 is 1.00 bits per heavy atom. The maximum atomic E-state index is 13.5. The Balaban J connectivity index is 2.99. The molecule has 0 fully saturated rings. The highest BCUT2D eigenvalue weighted by molar-refractivity contribution is 7.98. The van der Waals surface area contributed by atoms with Gasteiger partial charge in [0.15, 0.2) is 0 Å². The fourth-order valence-electron chi connectivity index (χ4n) is 2.75. The van der Waals surface area contributed by atoms with E-state index in [2.05, 4.69) is 4.74 Å². The lowest BCUT2D eigenvalue weighted by Gasteiger charge is -2.16. The van der Waals surface area contributed by atoms with E-state index in [0.717, 1.165) is 23.3 Å². The number of benzene rings is 1. The van der Waals surface area contributed by atoms with Gasteiger partial charge >= 0.3 is 49.0 Å². The summed E-state index contributed by atoms with van der Waals surface area (Å²) >= 11 is 0. The van der Waals surface area contributed by atoms with Crippen molar-refractivity contribution < 1.29 is 70.1 Å². The van der Waals surface area contributed by atoms with Gasteiger partial charge in [-0.05, 0) is 17.7 Å². The molecule has 19 heteroatoms. The molecule has 0 N–H and O–H groups in total. The molecule has 0 bridgehead atoms. The Morgan fingerprint density at radius 2 is 1.51 bits per heavy atom. The summed E-state index contributed by atoms with van der Waals surface area (Å²) in [6.07, 6.45) is 3.02. The average Bonchev–Trinajstić information content (AvgIpc) is 3.21. The monoisotopic (exact) mass is 583 g/mol. The van der Waals surface area contributed by atoms with Crippen molar-refractivity contribution in [2.24, 2.45) is 7.05 Å². The number of hydrogen-bond acceptors (Lipinski definition) is 8. The van der Waals surface area contributed by atoms with Gasteiger partial charge < -0.3 is 14.2 Å². The summed E-state index contributed by atoms with van der Waals surface area (Å²) in [6, 6.07) is 2.54. The Morgan fingerprint density at radius 3 is 1.89 bits per heavy atom. The summed E-state index contributed by atoms with van der Waals surface area (Å²) in [5.74, 6) is -3.42. The summed E-state index contributed by atoms with van der Waals surface area (Å²) in [5, 5.41) is 0.